The summed E-state index contributed by atoms with van der Waals surface area (Å²) in [5, 5.41) is 9.09. The van der Waals surface area contributed by atoms with Crippen molar-refractivity contribution < 1.29 is 9.90 Å². The Morgan fingerprint density at radius 1 is 1.45 bits per heavy atom. The van der Waals surface area contributed by atoms with Crippen molar-refractivity contribution >= 4 is 21.8 Å². The molecule has 0 unspecified atom stereocenters. The van der Waals surface area contributed by atoms with Gasteiger partial charge in [0.1, 0.15) is 12.0 Å². The third-order valence-electron chi connectivity index (χ3n) is 3.17. The van der Waals surface area contributed by atoms with Crippen LogP contribution in [-0.4, -0.2) is 45.2 Å². The van der Waals surface area contributed by atoms with Crippen molar-refractivity contribution in [2.45, 2.75) is 13.0 Å². The van der Waals surface area contributed by atoms with E-state index in [0.717, 1.165) is 10.2 Å². The van der Waals surface area contributed by atoms with Crippen LogP contribution < -0.4 is 0 Å². The van der Waals surface area contributed by atoms with Crippen molar-refractivity contribution in [1.29, 1.82) is 0 Å². The molecule has 0 aliphatic heterocycles. The van der Waals surface area contributed by atoms with Crippen molar-refractivity contribution in [1.82, 2.24) is 14.5 Å². The van der Waals surface area contributed by atoms with Gasteiger partial charge in [0.05, 0.1) is 12.6 Å². The summed E-state index contributed by atoms with van der Waals surface area (Å²) in [6, 6.07) is 7.48. The number of aliphatic hydroxyl groups is 1. The van der Waals surface area contributed by atoms with E-state index in [-0.39, 0.29) is 18.6 Å². The summed E-state index contributed by atoms with van der Waals surface area (Å²) in [6.45, 7) is 1.71. The predicted octanol–water partition coefficient (Wildman–Crippen LogP) is 2.09. The Kier molecular flexibility index (Phi) is 4.57. The molecule has 0 aliphatic rings. The summed E-state index contributed by atoms with van der Waals surface area (Å²) in [7, 11) is 1.65. The Balaban J connectivity index is 2.20. The zero-order valence-corrected chi connectivity index (χ0v) is 12.9. The molecule has 0 bridgehead atoms. The Hall–Kier alpha value is -1.66. The summed E-state index contributed by atoms with van der Waals surface area (Å²) < 4.78 is 2.78. The van der Waals surface area contributed by atoms with Crippen LogP contribution in [0.1, 0.15) is 17.4 Å². The van der Waals surface area contributed by atoms with E-state index in [1.807, 2.05) is 24.3 Å². The van der Waals surface area contributed by atoms with Gasteiger partial charge in [0, 0.05) is 23.4 Å². The lowest BCUT2D eigenvalue weighted by Gasteiger charge is -2.21. The lowest BCUT2D eigenvalue weighted by atomic mass is 10.3. The molecule has 1 aromatic carbocycles. The van der Waals surface area contributed by atoms with E-state index in [4.69, 9.17) is 5.11 Å². The van der Waals surface area contributed by atoms with Gasteiger partial charge in [-0.05, 0) is 31.2 Å². The molecule has 0 saturated heterocycles. The molecule has 0 saturated carbocycles. The van der Waals surface area contributed by atoms with Gasteiger partial charge in [-0.15, -0.1) is 0 Å². The highest BCUT2D eigenvalue weighted by molar-refractivity contribution is 9.10. The third-order valence-corrected chi connectivity index (χ3v) is 3.70. The predicted molar refractivity (Wildman–Crippen MR) is 79.9 cm³/mol. The molecule has 106 valence electrons. The fourth-order valence-electron chi connectivity index (χ4n) is 1.69. The molecule has 0 fully saturated rings. The van der Waals surface area contributed by atoms with Gasteiger partial charge in [-0.3, -0.25) is 4.79 Å². The Labute approximate surface area is 126 Å². The molecule has 6 heteroatoms. The van der Waals surface area contributed by atoms with E-state index in [0.29, 0.717) is 5.69 Å². The number of aromatic nitrogens is 2. The van der Waals surface area contributed by atoms with Crippen LogP contribution >= 0.6 is 15.9 Å². The number of halogens is 1. The number of amides is 1. The van der Waals surface area contributed by atoms with Crippen LogP contribution in [0, 0.1) is 0 Å². The normalized spacial score (nSPS) is 12.2. The molecule has 5 nitrogen and oxygen atoms in total. The minimum atomic E-state index is -0.236. The number of hydrogen-bond acceptors (Lipinski definition) is 3. The number of carbonyl (C=O) groups is 1. The maximum Gasteiger partial charge on any atom is 0.274 e. The fourth-order valence-corrected chi connectivity index (χ4v) is 1.96. The van der Waals surface area contributed by atoms with Crippen molar-refractivity contribution in [3.63, 3.8) is 0 Å². The Bertz CT molecular complexity index is 595. The molecule has 0 radical (unpaired) electrons. The second kappa shape index (κ2) is 6.19. The number of hydrogen-bond donors (Lipinski definition) is 1. The summed E-state index contributed by atoms with van der Waals surface area (Å²) in [4.78, 5) is 17.8. The van der Waals surface area contributed by atoms with Gasteiger partial charge in [0.2, 0.25) is 0 Å². The zero-order valence-electron chi connectivity index (χ0n) is 11.3. The van der Waals surface area contributed by atoms with E-state index in [1.54, 1.807) is 31.1 Å². The highest BCUT2D eigenvalue weighted by Gasteiger charge is 2.19. The second-order valence-electron chi connectivity index (χ2n) is 4.59. The molecule has 20 heavy (non-hydrogen) atoms. The lowest BCUT2D eigenvalue weighted by Crippen LogP contribution is -2.37. The molecule has 1 atom stereocenters. The largest absolute Gasteiger partial charge is 0.394 e. The van der Waals surface area contributed by atoms with Gasteiger partial charge in [-0.25, -0.2) is 4.98 Å². The van der Waals surface area contributed by atoms with Crippen LogP contribution in [0.3, 0.4) is 0 Å². The lowest BCUT2D eigenvalue weighted by molar-refractivity contribution is 0.0677. The van der Waals surface area contributed by atoms with Gasteiger partial charge in [-0.2, -0.15) is 0 Å². The highest BCUT2D eigenvalue weighted by atomic mass is 79.9. The van der Waals surface area contributed by atoms with Crippen molar-refractivity contribution in [3.8, 4) is 5.69 Å². The standard InChI is InChI=1S/C14H16BrN3O2/c1-10(8-19)17(2)14(20)13-7-18(9-16-13)12-5-3-11(15)4-6-12/h3-7,9-10,19H,8H2,1-2H3/t10-/m0/s1. The number of likely N-dealkylation sites (N-methyl/N-ethyl adjacent to an activating group) is 1. The van der Waals surface area contributed by atoms with E-state index >= 15 is 0 Å². The van der Waals surface area contributed by atoms with Crippen LogP contribution in [0.5, 0.6) is 0 Å². The number of aliphatic hydroxyl groups excluding tert-OH is 1. The van der Waals surface area contributed by atoms with E-state index < -0.39 is 0 Å². The zero-order chi connectivity index (χ0) is 14.7. The summed E-state index contributed by atoms with van der Waals surface area (Å²) in [5.41, 5.74) is 1.29. The first kappa shape index (κ1) is 14.7. The molecular weight excluding hydrogens is 322 g/mol. The van der Waals surface area contributed by atoms with Gasteiger partial charge in [0.25, 0.3) is 5.91 Å². The first-order valence-electron chi connectivity index (χ1n) is 6.21. The van der Waals surface area contributed by atoms with Gasteiger partial charge in [-0.1, -0.05) is 15.9 Å². The number of imidazole rings is 1. The van der Waals surface area contributed by atoms with Crippen molar-refractivity contribution in [2.24, 2.45) is 0 Å². The molecule has 1 N–H and O–H groups in total. The van der Waals surface area contributed by atoms with Crippen LogP contribution in [0.4, 0.5) is 0 Å². The average Bonchev–Trinajstić information content (AvgIpc) is 2.95. The van der Waals surface area contributed by atoms with E-state index in [9.17, 15) is 4.79 Å². The molecule has 0 aliphatic carbocycles. The maximum absolute atomic E-state index is 12.2. The van der Waals surface area contributed by atoms with Gasteiger partial charge >= 0.3 is 0 Å². The first-order valence-corrected chi connectivity index (χ1v) is 7.00. The SMILES string of the molecule is C[C@@H](CO)N(C)C(=O)c1cn(-c2ccc(Br)cc2)cn1. The molecule has 1 amide bonds. The fraction of sp³-hybridized carbons (Fsp3) is 0.286. The molecule has 2 aromatic rings. The highest BCUT2D eigenvalue weighted by Crippen LogP contribution is 2.15. The first-order chi connectivity index (χ1) is 9.52. The minimum absolute atomic E-state index is 0.0737. The molecule has 1 aromatic heterocycles. The van der Waals surface area contributed by atoms with Gasteiger partial charge < -0.3 is 14.6 Å². The quantitative estimate of drug-likeness (QED) is 0.929. The van der Waals surface area contributed by atoms with Gasteiger partial charge in [0.15, 0.2) is 0 Å². The van der Waals surface area contributed by atoms with Crippen LogP contribution in [0.15, 0.2) is 41.3 Å². The Morgan fingerprint density at radius 2 is 2.10 bits per heavy atom. The summed E-state index contributed by atoms with van der Waals surface area (Å²) in [6.07, 6.45) is 3.29. The van der Waals surface area contributed by atoms with Crippen LogP contribution in [0.2, 0.25) is 0 Å². The van der Waals surface area contributed by atoms with Crippen molar-refractivity contribution in [2.75, 3.05) is 13.7 Å². The molecule has 1 heterocycles. The number of benzene rings is 1. The third kappa shape index (κ3) is 3.08. The average molecular weight is 338 g/mol. The van der Waals surface area contributed by atoms with Crippen LogP contribution in [0.25, 0.3) is 5.69 Å². The van der Waals surface area contributed by atoms with E-state index in [2.05, 4.69) is 20.9 Å². The number of nitrogens with zero attached hydrogens (tertiary/aromatic N) is 3. The minimum Gasteiger partial charge on any atom is -0.394 e. The topological polar surface area (TPSA) is 58.4 Å². The number of carbonyl (C=O) groups excluding carboxylic acids is 1. The molecule has 0 spiro atoms. The number of rotatable bonds is 4. The van der Waals surface area contributed by atoms with E-state index in [1.165, 1.54) is 4.90 Å². The summed E-state index contributed by atoms with van der Waals surface area (Å²) in [5.74, 6) is -0.206. The summed E-state index contributed by atoms with van der Waals surface area (Å²) >= 11 is 3.38. The van der Waals surface area contributed by atoms with Crippen molar-refractivity contribution in [3.05, 3.63) is 47.0 Å². The molecular formula is C14H16BrN3O2. The van der Waals surface area contributed by atoms with Crippen LogP contribution in [-0.2, 0) is 0 Å². The maximum atomic E-state index is 12.2. The Morgan fingerprint density at radius 3 is 2.70 bits per heavy atom. The smallest absolute Gasteiger partial charge is 0.274 e. The second-order valence-corrected chi connectivity index (χ2v) is 5.51. The monoisotopic (exact) mass is 337 g/mol. The molecule has 2 rings (SSSR count).